The van der Waals surface area contributed by atoms with Crippen molar-refractivity contribution in [3.8, 4) is 11.5 Å². The number of nitrogens with one attached hydrogen (secondary N) is 1. The lowest BCUT2D eigenvalue weighted by Gasteiger charge is -2.15. The molecule has 0 unspecified atom stereocenters. The Bertz CT molecular complexity index is 455. The molecule has 6 heteroatoms. The van der Waals surface area contributed by atoms with Gasteiger partial charge in [-0.3, -0.25) is 4.79 Å². The van der Waals surface area contributed by atoms with Crippen molar-refractivity contribution >= 4 is 23.4 Å². The molecule has 0 spiro atoms. The van der Waals surface area contributed by atoms with Gasteiger partial charge >= 0.3 is 0 Å². The van der Waals surface area contributed by atoms with Crippen LogP contribution in [0.15, 0.2) is 18.2 Å². The van der Waals surface area contributed by atoms with Crippen molar-refractivity contribution in [2.24, 2.45) is 5.73 Å². The van der Waals surface area contributed by atoms with Crippen LogP contribution in [-0.2, 0) is 4.79 Å². The van der Waals surface area contributed by atoms with Crippen LogP contribution >= 0.6 is 11.8 Å². The molecule has 0 bridgehead atoms. The minimum atomic E-state index is -0.500. The molecule has 0 aliphatic heterocycles. The van der Waals surface area contributed by atoms with Gasteiger partial charge in [-0.1, -0.05) is 0 Å². The summed E-state index contributed by atoms with van der Waals surface area (Å²) >= 11 is 1.67. The lowest BCUT2D eigenvalue weighted by Crippen LogP contribution is -2.36. The third-order valence-corrected chi connectivity index (χ3v) is 3.42. The zero-order valence-electron chi connectivity index (χ0n) is 12.8. The number of carbonyl (C=O) groups excluding carboxylic acids is 1. The maximum Gasteiger partial charge on any atom is 0.241 e. The molecule has 0 radical (unpaired) electrons. The first kappa shape index (κ1) is 17.7. The zero-order chi connectivity index (χ0) is 15.7. The van der Waals surface area contributed by atoms with Crippen LogP contribution in [0.25, 0.3) is 0 Å². The fourth-order valence-corrected chi connectivity index (χ4v) is 2.23. The Morgan fingerprint density at radius 2 is 1.95 bits per heavy atom. The van der Waals surface area contributed by atoms with E-state index in [1.165, 1.54) is 0 Å². The van der Waals surface area contributed by atoms with Crippen molar-refractivity contribution in [1.29, 1.82) is 0 Å². The number of thioether (sulfide) groups is 1. The molecule has 0 aliphatic rings. The second-order valence-corrected chi connectivity index (χ2v) is 5.39. The molecule has 0 saturated carbocycles. The van der Waals surface area contributed by atoms with Crippen molar-refractivity contribution in [2.45, 2.75) is 26.3 Å². The average molecular weight is 312 g/mol. The normalized spacial score (nSPS) is 11.8. The summed E-state index contributed by atoms with van der Waals surface area (Å²) in [5.41, 5.74) is 6.50. The van der Waals surface area contributed by atoms with Gasteiger partial charge in [0.25, 0.3) is 0 Å². The lowest BCUT2D eigenvalue weighted by atomic mass is 10.2. The predicted octanol–water partition coefficient (Wildman–Crippen LogP) is 2.50. The lowest BCUT2D eigenvalue weighted by molar-refractivity contribution is -0.117. The SMILES string of the molecule is CCOc1ccc(NC(=O)[C@H](N)CCSC)cc1OCC. The number of carbonyl (C=O) groups is 1. The van der Waals surface area contributed by atoms with Crippen LogP contribution in [0.5, 0.6) is 11.5 Å². The monoisotopic (exact) mass is 312 g/mol. The number of ether oxygens (including phenoxy) is 2. The van der Waals surface area contributed by atoms with E-state index < -0.39 is 6.04 Å². The second kappa shape index (κ2) is 9.52. The number of benzene rings is 1. The Kier molecular flexibility index (Phi) is 8.00. The summed E-state index contributed by atoms with van der Waals surface area (Å²) < 4.78 is 11.0. The Hall–Kier alpha value is -1.40. The number of amides is 1. The number of anilines is 1. The van der Waals surface area contributed by atoms with E-state index in [-0.39, 0.29) is 5.91 Å². The largest absolute Gasteiger partial charge is 0.490 e. The minimum Gasteiger partial charge on any atom is -0.490 e. The highest BCUT2D eigenvalue weighted by Gasteiger charge is 2.14. The van der Waals surface area contributed by atoms with Gasteiger partial charge in [0, 0.05) is 11.8 Å². The van der Waals surface area contributed by atoms with Gasteiger partial charge in [-0.25, -0.2) is 0 Å². The van der Waals surface area contributed by atoms with Crippen molar-refractivity contribution in [1.82, 2.24) is 0 Å². The first-order valence-corrected chi connectivity index (χ1v) is 8.46. The van der Waals surface area contributed by atoms with E-state index in [1.54, 1.807) is 30.0 Å². The van der Waals surface area contributed by atoms with E-state index in [9.17, 15) is 4.79 Å². The molecule has 0 aliphatic carbocycles. The van der Waals surface area contributed by atoms with Gasteiger partial charge in [-0.15, -0.1) is 0 Å². The molecule has 1 amide bonds. The molecule has 1 rings (SSSR count). The maximum atomic E-state index is 12.0. The molecule has 1 aromatic rings. The van der Waals surface area contributed by atoms with Gasteiger partial charge in [0.15, 0.2) is 11.5 Å². The molecule has 1 aromatic carbocycles. The van der Waals surface area contributed by atoms with Crippen LogP contribution in [-0.4, -0.2) is 37.2 Å². The number of rotatable bonds is 9. The van der Waals surface area contributed by atoms with Gasteiger partial charge in [-0.05, 0) is 44.4 Å². The highest BCUT2D eigenvalue weighted by molar-refractivity contribution is 7.98. The van der Waals surface area contributed by atoms with Gasteiger partial charge in [0.05, 0.1) is 19.3 Å². The first-order valence-electron chi connectivity index (χ1n) is 7.07. The number of hydrogen-bond donors (Lipinski definition) is 2. The summed E-state index contributed by atoms with van der Waals surface area (Å²) in [6.07, 6.45) is 2.65. The maximum absolute atomic E-state index is 12.0. The van der Waals surface area contributed by atoms with E-state index in [2.05, 4.69) is 5.32 Å². The molecule has 3 N–H and O–H groups in total. The first-order chi connectivity index (χ1) is 10.1. The Morgan fingerprint density at radius 1 is 1.29 bits per heavy atom. The zero-order valence-corrected chi connectivity index (χ0v) is 13.7. The molecular formula is C15H24N2O3S. The molecular weight excluding hydrogens is 288 g/mol. The molecule has 1 atom stereocenters. The smallest absolute Gasteiger partial charge is 0.241 e. The van der Waals surface area contributed by atoms with E-state index >= 15 is 0 Å². The summed E-state index contributed by atoms with van der Waals surface area (Å²) in [7, 11) is 0. The molecule has 0 fully saturated rings. The molecule has 0 saturated heterocycles. The molecule has 0 heterocycles. The number of hydrogen-bond acceptors (Lipinski definition) is 5. The molecule has 5 nitrogen and oxygen atoms in total. The Morgan fingerprint density at radius 3 is 2.57 bits per heavy atom. The fraction of sp³-hybridized carbons (Fsp3) is 0.533. The van der Waals surface area contributed by atoms with E-state index in [4.69, 9.17) is 15.2 Å². The van der Waals surface area contributed by atoms with Crippen molar-refractivity contribution in [3.05, 3.63) is 18.2 Å². The summed E-state index contributed by atoms with van der Waals surface area (Å²) in [4.78, 5) is 12.0. The third kappa shape index (κ3) is 5.85. The molecule has 0 aromatic heterocycles. The van der Waals surface area contributed by atoms with E-state index in [0.717, 1.165) is 5.75 Å². The summed E-state index contributed by atoms with van der Waals surface area (Å²) in [5, 5.41) is 2.81. The Balaban J connectivity index is 2.74. The topological polar surface area (TPSA) is 73.6 Å². The van der Waals surface area contributed by atoms with Crippen molar-refractivity contribution in [3.63, 3.8) is 0 Å². The minimum absolute atomic E-state index is 0.185. The van der Waals surface area contributed by atoms with E-state index in [0.29, 0.717) is 36.8 Å². The summed E-state index contributed by atoms with van der Waals surface area (Å²) in [6.45, 7) is 4.91. The third-order valence-electron chi connectivity index (χ3n) is 2.78. The van der Waals surface area contributed by atoms with Crippen molar-refractivity contribution < 1.29 is 14.3 Å². The molecule has 21 heavy (non-hydrogen) atoms. The van der Waals surface area contributed by atoms with Gasteiger partial charge < -0.3 is 20.5 Å². The van der Waals surface area contributed by atoms with Crippen molar-refractivity contribution in [2.75, 3.05) is 30.5 Å². The van der Waals surface area contributed by atoms with Crippen LogP contribution in [0.2, 0.25) is 0 Å². The van der Waals surface area contributed by atoms with E-state index in [1.807, 2.05) is 20.1 Å². The average Bonchev–Trinajstić information content (AvgIpc) is 2.47. The quantitative estimate of drug-likeness (QED) is 0.733. The number of nitrogens with two attached hydrogens (primary N) is 1. The standard InChI is InChI=1S/C15H24N2O3S/c1-4-19-13-7-6-11(10-14(13)20-5-2)17-15(18)12(16)8-9-21-3/h6-7,10,12H,4-5,8-9,16H2,1-3H3,(H,17,18)/t12-/m1/s1. The van der Waals surface area contributed by atoms with Crippen LogP contribution in [0.4, 0.5) is 5.69 Å². The van der Waals surface area contributed by atoms with Gasteiger partial charge in [0.1, 0.15) is 0 Å². The van der Waals surface area contributed by atoms with Gasteiger partial charge in [-0.2, -0.15) is 11.8 Å². The second-order valence-electron chi connectivity index (χ2n) is 4.40. The van der Waals surface area contributed by atoms with Crippen LogP contribution in [0.1, 0.15) is 20.3 Å². The summed E-state index contributed by atoms with van der Waals surface area (Å²) in [5.74, 6) is 1.97. The van der Waals surface area contributed by atoms with Gasteiger partial charge in [0.2, 0.25) is 5.91 Å². The highest BCUT2D eigenvalue weighted by Crippen LogP contribution is 2.30. The van der Waals surface area contributed by atoms with Crippen LogP contribution in [0, 0.1) is 0 Å². The van der Waals surface area contributed by atoms with Crippen LogP contribution < -0.4 is 20.5 Å². The Labute approximate surface area is 130 Å². The molecule has 118 valence electrons. The fourth-order valence-electron chi connectivity index (χ4n) is 1.74. The highest BCUT2D eigenvalue weighted by atomic mass is 32.2. The predicted molar refractivity (Wildman–Crippen MR) is 88.4 cm³/mol. The van der Waals surface area contributed by atoms with Crippen LogP contribution in [0.3, 0.4) is 0 Å². The summed E-state index contributed by atoms with van der Waals surface area (Å²) in [6, 6.07) is 4.83.